The van der Waals surface area contributed by atoms with E-state index < -0.39 is 0 Å². The maximum atomic E-state index is 11.9. The summed E-state index contributed by atoms with van der Waals surface area (Å²) in [6, 6.07) is 3.90. The lowest BCUT2D eigenvalue weighted by atomic mass is 9.92. The first-order chi connectivity index (χ1) is 10.5. The third kappa shape index (κ3) is 4.65. The van der Waals surface area contributed by atoms with Crippen LogP contribution in [0.15, 0.2) is 18.3 Å². The van der Waals surface area contributed by atoms with E-state index >= 15 is 0 Å². The predicted octanol–water partition coefficient (Wildman–Crippen LogP) is 1.36. The average molecular weight is 304 g/mol. The normalized spacial score (nSPS) is 17.4. The molecule has 1 fully saturated rings. The SMILES string of the molecule is Bc1ccc(OC(C)C2CCN(C(=O)OC(C)C)CC2)nc1. The fourth-order valence-electron chi connectivity index (χ4n) is 2.64. The van der Waals surface area contributed by atoms with Crippen molar-refractivity contribution in [3.63, 3.8) is 0 Å². The van der Waals surface area contributed by atoms with Crippen molar-refractivity contribution >= 4 is 19.4 Å². The minimum Gasteiger partial charge on any atom is -0.474 e. The standard InChI is InChI=1S/C16H25BN2O3/c1-11(2)21-16(20)19-8-6-13(7-9-19)12(3)22-15-5-4-14(17)10-18-15/h4-5,10-13H,6-9,17H2,1-3H3. The van der Waals surface area contributed by atoms with Crippen molar-refractivity contribution in [2.24, 2.45) is 5.92 Å². The van der Waals surface area contributed by atoms with Crippen molar-refractivity contribution in [2.45, 2.75) is 45.8 Å². The van der Waals surface area contributed by atoms with Gasteiger partial charge in [-0.05, 0) is 45.6 Å². The van der Waals surface area contributed by atoms with Gasteiger partial charge in [-0.2, -0.15) is 0 Å². The molecular weight excluding hydrogens is 279 g/mol. The van der Waals surface area contributed by atoms with Crippen molar-refractivity contribution in [3.8, 4) is 5.88 Å². The Kier molecular flexibility index (Phi) is 5.69. The van der Waals surface area contributed by atoms with E-state index in [0.717, 1.165) is 31.4 Å². The molecule has 1 aromatic heterocycles. The molecule has 0 N–H and O–H groups in total. The molecule has 0 saturated carbocycles. The highest BCUT2D eigenvalue weighted by molar-refractivity contribution is 6.32. The fraction of sp³-hybridized carbons (Fsp3) is 0.625. The predicted molar refractivity (Wildman–Crippen MR) is 88.4 cm³/mol. The maximum absolute atomic E-state index is 11.9. The number of hydrogen-bond acceptors (Lipinski definition) is 4. The van der Waals surface area contributed by atoms with Crippen LogP contribution in [0.5, 0.6) is 5.88 Å². The number of ether oxygens (including phenoxy) is 2. The highest BCUT2D eigenvalue weighted by Crippen LogP contribution is 2.24. The number of aromatic nitrogens is 1. The van der Waals surface area contributed by atoms with Gasteiger partial charge in [0.2, 0.25) is 5.88 Å². The largest absolute Gasteiger partial charge is 0.474 e. The third-order valence-electron chi connectivity index (χ3n) is 3.99. The van der Waals surface area contributed by atoms with Gasteiger partial charge >= 0.3 is 6.09 Å². The molecule has 0 bridgehead atoms. The van der Waals surface area contributed by atoms with Crippen LogP contribution in [0, 0.1) is 5.92 Å². The number of hydrogen-bond donors (Lipinski definition) is 0. The highest BCUT2D eigenvalue weighted by Gasteiger charge is 2.28. The molecule has 1 unspecified atom stereocenters. The van der Waals surface area contributed by atoms with E-state index in [4.69, 9.17) is 9.47 Å². The quantitative estimate of drug-likeness (QED) is 0.788. The van der Waals surface area contributed by atoms with Crippen molar-refractivity contribution < 1.29 is 14.3 Å². The van der Waals surface area contributed by atoms with Gasteiger partial charge in [-0.3, -0.25) is 0 Å². The molecule has 0 aliphatic carbocycles. The summed E-state index contributed by atoms with van der Waals surface area (Å²) in [6.07, 6.45) is 3.49. The molecule has 1 atom stereocenters. The summed E-state index contributed by atoms with van der Waals surface area (Å²) in [6.45, 7) is 7.27. The number of nitrogens with zero attached hydrogens (tertiary/aromatic N) is 2. The fourth-order valence-corrected chi connectivity index (χ4v) is 2.64. The molecule has 2 heterocycles. The van der Waals surface area contributed by atoms with Crippen LogP contribution >= 0.6 is 0 Å². The Hall–Kier alpha value is -1.72. The highest BCUT2D eigenvalue weighted by atomic mass is 16.6. The van der Waals surface area contributed by atoms with Crippen LogP contribution in [0.25, 0.3) is 0 Å². The molecule has 6 heteroatoms. The van der Waals surface area contributed by atoms with E-state index in [2.05, 4.69) is 11.9 Å². The van der Waals surface area contributed by atoms with Crippen molar-refractivity contribution in [1.29, 1.82) is 0 Å². The van der Waals surface area contributed by atoms with Crippen LogP contribution in [-0.2, 0) is 4.74 Å². The molecule has 1 aromatic rings. The molecule has 1 saturated heterocycles. The number of amides is 1. The summed E-state index contributed by atoms with van der Waals surface area (Å²) in [5, 5.41) is 0. The first kappa shape index (κ1) is 16.7. The maximum Gasteiger partial charge on any atom is 0.410 e. The van der Waals surface area contributed by atoms with Crippen molar-refractivity contribution in [2.75, 3.05) is 13.1 Å². The monoisotopic (exact) mass is 304 g/mol. The van der Waals surface area contributed by atoms with Gasteiger partial charge in [0.05, 0.1) is 6.10 Å². The lowest BCUT2D eigenvalue weighted by Crippen LogP contribution is -2.42. The lowest BCUT2D eigenvalue weighted by Gasteiger charge is -2.34. The van der Waals surface area contributed by atoms with Crippen molar-refractivity contribution in [1.82, 2.24) is 9.88 Å². The molecule has 0 spiro atoms. The molecule has 2 rings (SSSR count). The number of rotatable bonds is 4. The first-order valence-electron chi connectivity index (χ1n) is 8.00. The van der Waals surface area contributed by atoms with E-state index in [-0.39, 0.29) is 18.3 Å². The Morgan fingerprint density at radius 1 is 1.32 bits per heavy atom. The van der Waals surface area contributed by atoms with E-state index in [1.807, 2.05) is 40.0 Å². The zero-order valence-corrected chi connectivity index (χ0v) is 13.9. The second kappa shape index (κ2) is 7.52. The van der Waals surface area contributed by atoms with Crippen LogP contribution in [0.1, 0.15) is 33.6 Å². The Balaban J connectivity index is 1.80. The van der Waals surface area contributed by atoms with Crippen LogP contribution in [0.2, 0.25) is 0 Å². The number of piperidine rings is 1. The lowest BCUT2D eigenvalue weighted by molar-refractivity contribution is 0.0486. The summed E-state index contributed by atoms with van der Waals surface area (Å²) < 4.78 is 11.2. The Bertz CT molecular complexity index is 485. The minimum atomic E-state index is -0.206. The molecular formula is C16H25BN2O3. The van der Waals surface area contributed by atoms with Crippen LogP contribution < -0.4 is 10.2 Å². The first-order valence-corrected chi connectivity index (χ1v) is 8.00. The summed E-state index contributed by atoms with van der Waals surface area (Å²) in [4.78, 5) is 17.9. The summed E-state index contributed by atoms with van der Waals surface area (Å²) in [5.41, 5.74) is 1.12. The molecule has 0 radical (unpaired) electrons. The molecule has 1 aliphatic rings. The van der Waals surface area contributed by atoms with Crippen LogP contribution in [0.4, 0.5) is 4.79 Å². The number of likely N-dealkylation sites (tertiary alicyclic amines) is 1. The molecule has 1 aliphatic heterocycles. The van der Waals surface area contributed by atoms with E-state index in [0.29, 0.717) is 11.8 Å². The van der Waals surface area contributed by atoms with E-state index in [1.165, 1.54) is 0 Å². The summed E-state index contributed by atoms with van der Waals surface area (Å²) in [5.74, 6) is 1.10. The second-order valence-corrected chi connectivity index (χ2v) is 6.25. The molecule has 5 nitrogen and oxygen atoms in total. The van der Waals surface area contributed by atoms with Gasteiger partial charge in [-0.15, -0.1) is 0 Å². The Labute approximate surface area is 133 Å². The summed E-state index contributed by atoms with van der Waals surface area (Å²) >= 11 is 0. The molecule has 120 valence electrons. The van der Waals surface area contributed by atoms with Gasteiger partial charge in [-0.1, -0.05) is 11.5 Å². The third-order valence-corrected chi connectivity index (χ3v) is 3.99. The second-order valence-electron chi connectivity index (χ2n) is 6.25. The van der Waals surface area contributed by atoms with Gasteiger partial charge in [0.1, 0.15) is 14.0 Å². The zero-order chi connectivity index (χ0) is 16.1. The number of carbonyl (C=O) groups is 1. The van der Waals surface area contributed by atoms with Crippen molar-refractivity contribution in [3.05, 3.63) is 18.3 Å². The molecule has 22 heavy (non-hydrogen) atoms. The van der Waals surface area contributed by atoms with Gasteiger partial charge in [-0.25, -0.2) is 9.78 Å². The number of pyridine rings is 1. The van der Waals surface area contributed by atoms with Crippen LogP contribution in [0.3, 0.4) is 0 Å². The molecule has 1 amide bonds. The van der Waals surface area contributed by atoms with Gasteiger partial charge in [0.15, 0.2) is 0 Å². The number of carbonyl (C=O) groups excluding carboxylic acids is 1. The summed E-state index contributed by atoms with van der Waals surface area (Å²) in [7, 11) is 2.01. The van der Waals surface area contributed by atoms with Gasteiger partial charge in [0.25, 0.3) is 0 Å². The Morgan fingerprint density at radius 2 is 2.00 bits per heavy atom. The van der Waals surface area contributed by atoms with Gasteiger partial charge in [0, 0.05) is 19.3 Å². The van der Waals surface area contributed by atoms with Crippen LogP contribution in [-0.4, -0.2) is 49.1 Å². The molecule has 0 aromatic carbocycles. The smallest absolute Gasteiger partial charge is 0.410 e. The zero-order valence-electron chi connectivity index (χ0n) is 13.9. The minimum absolute atomic E-state index is 0.0694. The average Bonchev–Trinajstić information content (AvgIpc) is 2.49. The van der Waals surface area contributed by atoms with E-state index in [1.54, 1.807) is 4.90 Å². The Morgan fingerprint density at radius 3 is 2.55 bits per heavy atom. The van der Waals surface area contributed by atoms with E-state index in [9.17, 15) is 4.79 Å². The topological polar surface area (TPSA) is 51.7 Å². The van der Waals surface area contributed by atoms with Gasteiger partial charge < -0.3 is 14.4 Å².